The van der Waals surface area contributed by atoms with Gasteiger partial charge < -0.3 is 10.0 Å². The average molecular weight is 345 g/mol. The van der Waals surface area contributed by atoms with E-state index in [1.165, 1.54) is 21.3 Å². The Labute approximate surface area is 144 Å². The maximum Gasteiger partial charge on any atom is 0.168 e. The minimum Gasteiger partial charge on any atom is -0.388 e. The van der Waals surface area contributed by atoms with Gasteiger partial charge >= 0.3 is 0 Å². The molecule has 4 rings (SSSR count). The zero-order chi connectivity index (χ0) is 15.8. The van der Waals surface area contributed by atoms with E-state index < -0.39 is 0 Å². The van der Waals surface area contributed by atoms with Crippen LogP contribution in [-0.2, 0) is 0 Å². The summed E-state index contributed by atoms with van der Waals surface area (Å²) in [4.78, 5) is 7.99. The van der Waals surface area contributed by atoms with Crippen molar-refractivity contribution in [2.75, 3.05) is 13.1 Å². The van der Waals surface area contributed by atoms with Crippen molar-refractivity contribution in [1.29, 1.82) is 0 Å². The minimum atomic E-state index is -0.387. The van der Waals surface area contributed by atoms with Gasteiger partial charge in [0.15, 0.2) is 5.17 Å². The Morgan fingerprint density at radius 1 is 1.35 bits per heavy atom. The molecule has 23 heavy (non-hydrogen) atoms. The van der Waals surface area contributed by atoms with Crippen LogP contribution in [0.5, 0.6) is 0 Å². The number of aliphatic hydroxyl groups excluding tert-OH is 1. The molecule has 0 radical (unpaired) electrons. The van der Waals surface area contributed by atoms with E-state index in [0.29, 0.717) is 0 Å². The molecular formula is C18H20N2OS2. The van der Waals surface area contributed by atoms with Crippen molar-refractivity contribution < 1.29 is 5.11 Å². The second-order valence-electron chi connectivity index (χ2n) is 5.93. The van der Waals surface area contributed by atoms with Crippen LogP contribution in [0.3, 0.4) is 0 Å². The third kappa shape index (κ3) is 2.61. The number of fused-ring (bicyclic) bond motifs is 2. The van der Waals surface area contributed by atoms with E-state index in [-0.39, 0.29) is 6.10 Å². The highest BCUT2D eigenvalue weighted by Crippen LogP contribution is 2.46. The zero-order valence-corrected chi connectivity index (χ0v) is 14.8. The summed E-state index contributed by atoms with van der Waals surface area (Å²) in [5.74, 6) is 0. The highest BCUT2D eigenvalue weighted by atomic mass is 32.2. The summed E-state index contributed by atoms with van der Waals surface area (Å²) in [6.45, 7) is 3.94. The van der Waals surface area contributed by atoms with Crippen LogP contribution >= 0.6 is 23.1 Å². The summed E-state index contributed by atoms with van der Waals surface area (Å²) in [5.41, 5.74) is 2.43. The van der Waals surface area contributed by atoms with Crippen LogP contribution in [0, 0.1) is 0 Å². The molecule has 1 aromatic carbocycles. The van der Waals surface area contributed by atoms with Crippen molar-refractivity contribution in [3.05, 3.63) is 40.1 Å². The Hall–Kier alpha value is -1.30. The van der Waals surface area contributed by atoms with Gasteiger partial charge in [-0.2, -0.15) is 0 Å². The topological polar surface area (TPSA) is 35.8 Å². The number of benzene rings is 1. The van der Waals surface area contributed by atoms with Gasteiger partial charge in [-0.1, -0.05) is 49.7 Å². The van der Waals surface area contributed by atoms with E-state index in [1.807, 2.05) is 0 Å². The molecule has 0 amide bonds. The first-order valence-electron chi connectivity index (χ1n) is 8.18. The lowest BCUT2D eigenvalue weighted by Gasteiger charge is -2.18. The summed E-state index contributed by atoms with van der Waals surface area (Å²) in [5, 5.41) is 15.3. The fraction of sp³-hybridized carbons (Fsp3) is 0.389. The SMILES string of the molecule is CCCCC(O)C1=C(c2csc3ccccc23)N2CCN=C2S1. The molecule has 0 aliphatic carbocycles. The Bertz CT molecular complexity index is 793. The van der Waals surface area contributed by atoms with Crippen LogP contribution in [0.2, 0.25) is 0 Å². The number of thioether (sulfide) groups is 1. The highest BCUT2D eigenvalue weighted by molar-refractivity contribution is 8.17. The monoisotopic (exact) mass is 344 g/mol. The van der Waals surface area contributed by atoms with Crippen molar-refractivity contribution in [1.82, 2.24) is 4.90 Å². The number of hydrogen-bond acceptors (Lipinski definition) is 5. The number of unbranched alkanes of at least 4 members (excludes halogenated alkanes) is 1. The Morgan fingerprint density at radius 2 is 2.22 bits per heavy atom. The maximum atomic E-state index is 10.7. The van der Waals surface area contributed by atoms with Gasteiger partial charge in [-0.3, -0.25) is 4.99 Å². The van der Waals surface area contributed by atoms with Gasteiger partial charge in [-0.15, -0.1) is 11.3 Å². The summed E-state index contributed by atoms with van der Waals surface area (Å²) < 4.78 is 1.30. The van der Waals surface area contributed by atoms with Crippen LogP contribution in [0.4, 0.5) is 0 Å². The molecule has 3 nitrogen and oxygen atoms in total. The number of aliphatic hydroxyl groups is 1. The number of nitrogens with zero attached hydrogens (tertiary/aromatic N) is 2. The molecule has 3 heterocycles. The third-order valence-corrected chi connectivity index (χ3v) is 6.56. The Balaban J connectivity index is 1.81. The first-order valence-corrected chi connectivity index (χ1v) is 9.88. The van der Waals surface area contributed by atoms with Gasteiger partial charge in [-0.05, 0) is 12.5 Å². The molecule has 0 bridgehead atoms. The third-order valence-electron chi connectivity index (χ3n) is 4.38. The van der Waals surface area contributed by atoms with Gasteiger partial charge in [0, 0.05) is 32.5 Å². The molecule has 2 aromatic rings. The molecule has 1 unspecified atom stereocenters. The molecule has 0 fully saturated rings. The highest BCUT2D eigenvalue weighted by Gasteiger charge is 2.36. The predicted octanol–water partition coefficient (Wildman–Crippen LogP) is 4.54. The van der Waals surface area contributed by atoms with Crippen LogP contribution in [0.25, 0.3) is 15.8 Å². The number of hydrogen-bond donors (Lipinski definition) is 1. The normalized spacial score (nSPS) is 18.7. The van der Waals surface area contributed by atoms with Gasteiger partial charge in [0.05, 0.1) is 18.3 Å². The molecule has 1 N–H and O–H groups in total. The number of amidine groups is 1. The lowest BCUT2D eigenvalue weighted by atomic mass is 10.1. The molecule has 2 aliphatic heterocycles. The second kappa shape index (κ2) is 6.30. The van der Waals surface area contributed by atoms with Crippen LogP contribution in [0.15, 0.2) is 39.5 Å². The first-order chi connectivity index (χ1) is 11.3. The second-order valence-corrected chi connectivity index (χ2v) is 7.85. The van der Waals surface area contributed by atoms with Crippen molar-refractivity contribution >= 4 is 44.0 Å². The first kappa shape index (κ1) is 15.2. The molecular weight excluding hydrogens is 324 g/mol. The van der Waals surface area contributed by atoms with Crippen LogP contribution in [0.1, 0.15) is 31.7 Å². The van der Waals surface area contributed by atoms with Crippen molar-refractivity contribution in [2.45, 2.75) is 32.3 Å². The summed E-state index contributed by atoms with van der Waals surface area (Å²) >= 11 is 3.44. The lowest BCUT2D eigenvalue weighted by Crippen LogP contribution is -2.20. The minimum absolute atomic E-state index is 0.387. The molecule has 0 spiro atoms. The number of thiophene rings is 1. The fourth-order valence-electron chi connectivity index (χ4n) is 3.19. The quantitative estimate of drug-likeness (QED) is 0.865. The van der Waals surface area contributed by atoms with E-state index in [9.17, 15) is 5.11 Å². The standard InChI is InChI=1S/C18H20N2OS2/c1-2-3-7-14(21)17-16(20-10-9-19-18(20)23-17)13-11-22-15-8-5-4-6-12(13)15/h4-6,8,11,14,21H,2-3,7,9-10H2,1H3. The van der Waals surface area contributed by atoms with E-state index in [4.69, 9.17) is 0 Å². The summed E-state index contributed by atoms with van der Waals surface area (Å²) in [6, 6.07) is 8.52. The van der Waals surface area contributed by atoms with Crippen molar-refractivity contribution in [3.8, 4) is 0 Å². The number of rotatable bonds is 5. The molecule has 120 valence electrons. The van der Waals surface area contributed by atoms with Gasteiger partial charge in [0.25, 0.3) is 0 Å². The molecule has 2 aliphatic rings. The molecule has 5 heteroatoms. The number of aliphatic imine (C=N–C) groups is 1. The predicted molar refractivity (Wildman–Crippen MR) is 101 cm³/mol. The van der Waals surface area contributed by atoms with E-state index in [2.05, 4.69) is 46.5 Å². The Kier molecular flexibility index (Phi) is 4.18. The molecule has 0 saturated heterocycles. The summed E-state index contributed by atoms with van der Waals surface area (Å²) in [7, 11) is 0. The lowest BCUT2D eigenvalue weighted by molar-refractivity contribution is 0.205. The average Bonchev–Trinajstić information content (AvgIpc) is 3.25. The molecule has 0 saturated carbocycles. The fourth-order valence-corrected chi connectivity index (χ4v) is 5.36. The maximum absolute atomic E-state index is 10.7. The van der Waals surface area contributed by atoms with E-state index in [0.717, 1.165) is 42.4 Å². The van der Waals surface area contributed by atoms with Gasteiger partial charge in [0.2, 0.25) is 0 Å². The van der Waals surface area contributed by atoms with E-state index in [1.54, 1.807) is 23.1 Å². The van der Waals surface area contributed by atoms with Crippen molar-refractivity contribution in [3.63, 3.8) is 0 Å². The smallest absolute Gasteiger partial charge is 0.168 e. The van der Waals surface area contributed by atoms with Gasteiger partial charge in [-0.25, -0.2) is 0 Å². The van der Waals surface area contributed by atoms with Crippen LogP contribution in [-0.4, -0.2) is 34.4 Å². The van der Waals surface area contributed by atoms with Gasteiger partial charge in [0.1, 0.15) is 0 Å². The largest absolute Gasteiger partial charge is 0.388 e. The van der Waals surface area contributed by atoms with Crippen LogP contribution < -0.4 is 0 Å². The zero-order valence-electron chi connectivity index (χ0n) is 13.2. The summed E-state index contributed by atoms with van der Waals surface area (Å²) in [6.07, 6.45) is 2.60. The van der Waals surface area contributed by atoms with E-state index >= 15 is 0 Å². The molecule has 1 atom stereocenters. The Morgan fingerprint density at radius 3 is 3.09 bits per heavy atom. The molecule has 1 aromatic heterocycles. The van der Waals surface area contributed by atoms with Crippen molar-refractivity contribution in [2.24, 2.45) is 4.99 Å².